The monoisotopic (exact) mass is 476 g/mol. The molecule has 0 aromatic heterocycles. The minimum atomic E-state index is -2.40. The fraction of sp³-hybridized carbons (Fsp3) is 0. The van der Waals surface area contributed by atoms with Gasteiger partial charge in [-0.15, -0.1) is 0 Å². The summed E-state index contributed by atoms with van der Waals surface area (Å²) in [5.74, 6) is 0. The van der Waals surface area contributed by atoms with E-state index in [0.717, 1.165) is 0 Å². The minimum absolute atomic E-state index is 0. The molecule has 28 heavy (non-hydrogen) atoms. The summed E-state index contributed by atoms with van der Waals surface area (Å²) in [5, 5.41) is 1.10. The van der Waals surface area contributed by atoms with Crippen LogP contribution in [-0.2, 0) is 30.8 Å². The first-order valence-electron chi connectivity index (χ1n) is 7.50. The number of benzene rings is 3. The molecule has 0 N–H and O–H groups in total. The van der Waals surface area contributed by atoms with E-state index < -0.39 is 24.1 Å². The molecule has 3 aromatic carbocycles. The van der Waals surface area contributed by atoms with E-state index in [1.807, 2.05) is 0 Å². The molecule has 0 aliphatic heterocycles. The van der Waals surface area contributed by atoms with Gasteiger partial charge in [-0.3, -0.25) is 0 Å². The van der Waals surface area contributed by atoms with E-state index in [2.05, 4.69) is 0 Å². The number of hydrogen-bond acceptors (Lipinski definition) is 6. The van der Waals surface area contributed by atoms with Crippen molar-refractivity contribution in [2.75, 3.05) is 0 Å². The summed E-state index contributed by atoms with van der Waals surface area (Å²) in [5.41, 5.74) is 0. The summed E-state index contributed by atoms with van der Waals surface area (Å²) in [7, 11) is -7.19. The second-order valence-corrected chi connectivity index (χ2v) is 7.87. The molecule has 10 heteroatoms. The Morgan fingerprint density at radius 3 is 0.714 bits per heavy atom. The molecule has 0 fully saturated rings. The van der Waals surface area contributed by atoms with Gasteiger partial charge in [0, 0.05) is 0 Å². The molecule has 3 atom stereocenters. The maximum atomic E-state index is 10.2. The molecule has 0 heterocycles. The Morgan fingerprint density at radius 1 is 0.429 bits per heavy atom. The van der Waals surface area contributed by atoms with E-state index >= 15 is 0 Å². The van der Waals surface area contributed by atoms with Crippen molar-refractivity contribution in [1.29, 1.82) is 0 Å². The third-order valence-electron chi connectivity index (χ3n) is 2.90. The fourth-order valence-corrected chi connectivity index (χ4v) is 2.90. The van der Waals surface area contributed by atoms with Crippen LogP contribution in [0.25, 0.3) is 0 Å². The van der Waals surface area contributed by atoms with Gasteiger partial charge < -0.3 is 14.7 Å². The van der Waals surface area contributed by atoms with Gasteiger partial charge in [0.05, 0.1) is 0 Å². The van der Waals surface area contributed by atoms with E-state index in [1.165, 1.54) is 0 Å². The Balaban J connectivity index is 0.000000384. The molecule has 0 aliphatic rings. The summed E-state index contributed by atoms with van der Waals surface area (Å²) < 4.78 is 30.7. The van der Waals surface area contributed by atoms with Crippen molar-refractivity contribution >= 4 is 40.0 Å². The Kier molecular flexibility index (Phi) is 14.4. The summed E-state index contributed by atoms with van der Waals surface area (Å²) in [6.45, 7) is 0. The van der Waals surface area contributed by atoms with Crippen LogP contribution in [0.4, 0.5) is 0 Å². The van der Waals surface area contributed by atoms with Crippen LogP contribution in [0.5, 0.6) is 0 Å². The predicted molar refractivity (Wildman–Crippen MR) is 101 cm³/mol. The second kappa shape index (κ2) is 15.3. The Hall–Kier alpha value is -1.64. The average molecular weight is 476 g/mol. The van der Waals surface area contributed by atoms with Gasteiger partial charge in [-0.2, -0.15) is 0 Å². The van der Waals surface area contributed by atoms with Crippen LogP contribution in [0.2, 0.25) is 0 Å². The maximum Gasteiger partial charge on any atom is 3.00 e. The molecule has 3 aromatic rings. The summed E-state index contributed by atoms with van der Waals surface area (Å²) in [4.78, 5) is 30.7. The van der Waals surface area contributed by atoms with Gasteiger partial charge in [-0.25, -0.2) is 0 Å². The van der Waals surface area contributed by atoms with Crippen LogP contribution in [-0.4, -0.2) is 0 Å². The van der Waals surface area contributed by atoms with Crippen LogP contribution >= 0.6 is 24.1 Å². The van der Waals surface area contributed by atoms with Crippen molar-refractivity contribution in [3.63, 3.8) is 0 Å². The zero-order valence-electron chi connectivity index (χ0n) is 14.3. The van der Waals surface area contributed by atoms with Gasteiger partial charge in [-0.1, -0.05) is 68.3 Å². The maximum absolute atomic E-state index is 10.2. The molecule has 0 aliphatic carbocycles. The van der Waals surface area contributed by atoms with Crippen molar-refractivity contribution in [1.82, 2.24) is 0 Å². The van der Waals surface area contributed by atoms with E-state index in [4.69, 9.17) is 0 Å². The molecular weight excluding hydrogens is 461 g/mol. The molecule has 0 amide bonds. The Morgan fingerprint density at radius 2 is 0.607 bits per heavy atom. The molecule has 0 bridgehead atoms. The van der Waals surface area contributed by atoms with Crippen LogP contribution in [0, 0.1) is 0 Å². The zero-order chi connectivity index (χ0) is 20.1. The van der Waals surface area contributed by atoms with E-state index in [-0.39, 0.29) is 17.1 Å². The minimum Gasteiger partial charge on any atom is -0.591 e. The van der Waals surface area contributed by atoms with Crippen molar-refractivity contribution in [2.24, 2.45) is 0 Å². The first-order valence-corrected chi connectivity index (χ1v) is 11.0. The van der Waals surface area contributed by atoms with E-state index in [0.29, 0.717) is 15.9 Å². The first kappa shape index (κ1) is 26.4. The van der Waals surface area contributed by atoms with Crippen LogP contribution in [0.1, 0.15) is 0 Å². The number of rotatable bonds is 3. The third kappa shape index (κ3) is 11.3. The smallest absolute Gasteiger partial charge is 0.591 e. The van der Waals surface area contributed by atoms with E-state index in [9.17, 15) is 28.4 Å². The van der Waals surface area contributed by atoms with Crippen molar-refractivity contribution < 1.29 is 45.4 Å². The van der Waals surface area contributed by atoms with Gasteiger partial charge >= 0.3 is 41.2 Å². The molecular formula is C18H15FeO6P3+3. The normalized spacial score (nSPS) is 10.6. The molecule has 0 saturated carbocycles. The Bertz CT molecular complexity index is 747. The second-order valence-electron chi connectivity index (χ2n) is 4.78. The standard InChI is InChI=1S/3C6H5O2P.Fe/c3*7-9(8)6-4-2-1-3-5-6;/h3*1-5H;/q;;;+3. The van der Waals surface area contributed by atoms with Crippen LogP contribution < -0.4 is 30.6 Å². The van der Waals surface area contributed by atoms with Gasteiger partial charge in [0.1, 0.15) is 0 Å². The van der Waals surface area contributed by atoms with Crippen LogP contribution in [0.15, 0.2) is 91.0 Å². The largest absolute Gasteiger partial charge is 3.00 e. The van der Waals surface area contributed by atoms with Crippen molar-refractivity contribution in [3.8, 4) is 0 Å². The molecule has 143 valence electrons. The van der Waals surface area contributed by atoms with Crippen molar-refractivity contribution in [2.45, 2.75) is 0 Å². The Labute approximate surface area is 176 Å². The summed E-state index contributed by atoms with van der Waals surface area (Å²) in [6, 6.07) is 24.9. The van der Waals surface area contributed by atoms with Gasteiger partial charge in [0.15, 0.2) is 15.9 Å². The molecule has 3 rings (SSSR count). The molecule has 0 spiro atoms. The van der Waals surface area contributed by atoms with Gasteiger partial charge in [-0.05, 0) is 36.4 Å². The average Bonchev–Trinajstić information content (AvgIpc) is 2.71. The fourth-order valence-electron chi connectivity index (χ4n) is 1.65. The quantitative estimate of drug-likeness (QED) is 0.415. The summed E-state index contributed by atoms with van der Waals surface area (Å²) in [6.07, 6.45) is 0. The van der Waals surface area contributed by atoms with Gasteiger partial charge in [0.2, 0.25) is 0 Å². The first-order chi connectivity index (χ1) is 12.9. The summed E-state index contributed by atoms with van der Waals surface area (Å²) >= 11 is 0. The van der Waals surface area contributed by atoms with Gasteiger partial charge in [0.25, 0.3) is 0 Å². The molecule has 6 nitrogen and oxygen atoms in total. The zero-order valence-corrected chi connectivity index (χ0v) is 18.1. The van der Waals surface area contributed by atoms with Crippen LogP contribution in [0.3, 0.4) is 0 Å². The topological polar surface area (TPSA) is 120 Å². The molecule has 1 radical (unpaired) electrons. The third-order valence-corrected chi connectivity index (χ3v) is 5.06. The molecule has 3 unspecified atom stereocenters. The SMILES string of the molecule is O=[P+]([O-])c1ccccc1.O=[P+]([O-])c1ccccc1.O=[P+]([O-])c1ccccc1.[Fe+3]. The van der Waals surface area contributed by atoms with E-state index in [1.54, 1.807) is 91.0 Å². The molecule has 0 saturated heterocycles. The van der Waals surface area contributed by atoms with Crippen molar-refractivity contribution in [3.05, 3.63) is 91.0 Å². The number of hydrogen-bond donors (Lipinski definition) is 0. The predicted octanol–water partition coefficient (Wildman–Crippen LogP) is 1.24.